The van der Waals surface area contributed by atoms with Crippen molar-refractivity contribution in [2.45, 2.75) is 18.9 Å². The van der Waals surface area contributed by atoms with Crippen molar-refractivity contribution in [3.63, 3.8) is 0 Å². The molecule has 0 aliphatic carbocycles. The quantitative estimate of drug-likeness (QED) is 0.766. The number of likely N-dealkylation sites (tertiary alicyclic amines) is 1. The van der Waals surface area contributed by atoms with Gasteiger partial charge in [0.1, 0.15) is 18.0 Å². The molecule has 7 heteroatoms. The molecule has 1 aromatic rings. The number of aryl methyl sites for hydroxylation is 1. The van der Waals surface area contributed by atoms with E-state index >= 15 is 0 Å². The number of nitrogens with one attached hydrogen (secondary N) is 1. The average molecular weight is 292 g/mol. The fraction of sp³-hybridized carbons (Fsp3) is 0.500. The minimum Gasteiger partial charge on any atom is -0.456 e. The summed E-state index contributed by atoms with van der Waals surface area (Å²) in [6.07, 6.45) is 0.648. The summed E-state index contributed by atoms with van der Waals surface area (Å²) in [5.74, 6) is -0.0268. The second-order valence-electron chi connectivity index (χ2n) is 5.49. The van der Waals surface area contributed by atoms with Crippen LogP contribution in [0.5, 0.6) is 0 Å². The number of morpholine rings is 1. The Labute approximate surface area is 120 Å². The number of nitrogens with zero attached hydrogens (tertiary/aromatic N) is 1. The van der Waals surface area contributed by atoms with Crippen LogP contribution in [0.1, 0.15) is 22.7 Å². The zero-order chi connectivity index (χ0) is 15.0. The van der Waals surface area contributed by atoms with Gasteiger partial charge in [-0.05, 0) is 13.3 Å². The van der Waals surface area contributed by atoms with Crippen LogP contribution in [0.25, 0.3) is 0 Å². The van der Waals surface area contributed by atoms with Crippen LogP contribution in [0.3, 0.4) is 0 Å². The van der Waals surface area contributed by atoms with Gasteiger partial charge in [-0.3, -0.25) is 14.4 Å². The summed E-state index contributed by atoms with van der Waals surface area (Å²) in [5, 5.41) is 2.76. The van der Waals surface area contributed by atoms with E-state index in [0.29, 0.717) is 31.8 Å². The van der Waals surface area contributed by atoms with E-state index in [2.05, 4.69) is 5.32 Å². The van der Waals surface area contributed by atoms with Crippen LogP contribution < -0.4 is 10.7 Å². The first-order valence-corrected chi connectivity index (χ1v) is 6.79. The van der Waals surface area contributed by atoms with Gasteiger partial charge in [0, 0.05) is 25.2 Å². The molecule has 7 nitrogen and oxygen atoms in total. The molecule has 0 aromatic carbocycles. The Hall–Kier alpha value is -2.15. The number of hydrogen-bond acceptors (Lipinski definition) is 5. The molecule has 2 amide bonds. The average Bonchev–Trinajstić information content (AvgIpc) is 2.85. The Kier molecular flexibility index (Phi) is 3.29. The summed E-state index contributed by atoms with van der Waals surface area (Å²) in [6.45, 7) is 2.93. The second kappa shape index (κ2) is 5.00. The summed E-state index contributed by atoms with van der Waals surface area (Å²) < 4.78 is 10.9. The maximum absolute atomic E-state index is 12.4. The fourth-order valence-corrected chi connectivity index (χ4v) is 2.73. The Bertz CT molecular complexity index is 641. The minimum atomic E-state index is -0.520. The molecule has 2 fully saturated rings. The third kappa shape index (κ3) is 2.69. The Morgan fingerprint density at radius 2 is 2.19 bits per heavy atom. The molecule has 3 rings (SSSR count). The van der Waals surface area contributed by atoms with E-state index < -0.39 is 5.60 Å². The number of hydrogen-bond donors (Lipinski definition) is 1. The van der Waals surface area contributed by atoms with Crippen LogP contribution in [0.4, 0.5) is 0 Å². The number of amides is 2. The first-order chi connectivity index (χ1) is 9.97. The van der Waals surface area contributed by atoms with Gasteiger partial charge in [-0.15, -0.1) is 0 Å². The summed E-state index contributed by atoms with van der Waals surface area (Å²) in [6, 6.07) is 2.53. The van der Waals surface area contributed by atoms with Crippen LogP contribution in [0.2, 0.25) is 0 Å². The maximum atomic E-state index is 12.4. The monoisotopic (exact) mass is 292 g/mol. The van der Waals surface area contributed by atoms with Crippen molar-refractivity contribution in [3.8, 4) is 0 Å². The van der Waals surface area contributed by atoms with E-state index in [1.807, 2.05) is 0 Å². The zero-order valence-electron chi connectivity index (χ0n) is 11.7. The molecule has 112 valence electrons. The second-order valence-corrected chi connectivity index (χ2v) is 5.49. The lowest BCUT2D eigenvalue weighted by Crippen LogP contribution is -2.54. The molecule has 0 saturated carbocycles. The number of carbonyl (C=O) groups is 2. The van der Waals surface area contributed by atoms with Crippen molar-refractivity contribution >= 4 is 11.8 Å². The van der Waals surface area contributed by atoms with E-state index in [0.717, 1.165) is 0 Å². The van der Waals surface area contributed by atoms with E-state index in [1.54, 1.807) is 11.8 Å². The van der Waals surface area contributed by atoms with Crippen LogP contribution in [0.15, 0.2) is 21.3 Å². The summed E-state index contributed by atoms with van der Waals surface area (Å²) in [5.41, 5.74) is -0.773. The maximum Gasteiger partial charge on any atom is 0.289 e. The van der Waals surface area contributed by atoms with Gasteiger partial charge in [0.2, 0.25) is 5.91 Å². The largest absolute Gasteiger partial charge is 0.456 e. The lowest BCUT2D eigenvalue weighted by atomic mass is 10.0. The third-order valence-electron chi connectivity index (χ3n) is 3.82. The predicted molar refractivity (Wildman–Crippen MR) is 71.9 cm³/mol. The molecule has 2 aliphatic rings. The molecule has 1 atom stereocenters. The van der Waals surface area contributed by atoms with Crippen molar-refractivity contribution in [1.29, 1.82) is 0 Å². The molecule has 3 heterocycles. The van der Waals surface area contributed by atoms with Crippen LogP contribution in [-0.2, 0) is 9.53 Å². The Morgan fingerprint density at radius 3 is 2.86 bits per heavy atom. The zero-order valence-corrected chi connectivity index (χ0v) is 11.7. The lowest BCUT2D eigenvalue weighted by Gasteiger charge is -2.33. The van der Waals surface area contributed by atoms with Crippen LogP contribution in [-0.4, -0.2) is 48.6 Å². The number of ether oxygens (including phenoxy) is 1. The first-order valence-electron chi connectivity index (χ1n) is 6.79. The topological polar surface area (TPSA) is 88.9 Å². The van der Waals surface area contributed by atoms with Crippen molar-refractivity contribution in [2.75, 3.05) is 26.2 Å². The molecular weight excluding hydrogens is 276 g/mol. The molecule has 0 radical (unpaired) electrons. The fourth-order valence-electron chi connectivity index (χ4n) is 2.73. The molecular formula is C14H16N2O5. The van der Waals surface area contributed by atoms with Crippen molar-refractivity contribution < 1.29 is 18.7 Å². The standard InChI is InChI=1S/C14H16N2O5/c1-9-4-10(17)5-11(21-9)13(19)16-3-2-14(8-16)7-15-12(18)6-20-14/h4-5H,2-3,6-8H2,1H3,(H,15,18). The first kappa shape index (κ1) is 13.8. The smallest absolute Gasteiger partial charge is 0.289 e. The van der Waals surface area contributed by atoms with Crippen molar-refractivity contribution in [1.82, 2.24) is 10.2 Å². The van der Waals surface area contributed by atoms with Gasteiger partial charge in [-0.2, -0.15) is 0 Å². The predicted octanol–water partition coefficient (Wildman–Crippen LogP) is -0.321. The van der Waals surface area contributed by atoms with Crippen molar-refractivity contribution in [3.05, 3.63) is 33.9 Å². The van der Waals surface area contributed by atoms with Gasteiger partial charge in [-0.25, -0.2) is 0 Å². The highest BCUT2D eigenvalue weighted by Crippen LogP contribution is 2.27. The molecule has 1 spiro atoms. The third-order valence-corrected chi connectivity index (χ3v) is 3.82. The Morgan fingerprint density at radius 1 is 1.38 bits per heavy atom. The van der Waals surface area contributed by atoms with E-state index in [-0.39, 0.29) is 29.6 Å². The van der Waals surface area contributed by atoms with Gasteiger partial charge in [-0.1, -0.05) is 0 Å². The van der Waals surface area contributed by atoms with E-state index in [4.69, 9.17) is 9.15 Å². The molecule has 1 unspecified atom stereocenters. The highest BCUT2D eigenvalue weighted by Gasteiger charge is 2.44. The molecule has 2 saturated heterocycles. The normalized spacial score (nSPS) is 25.2. The molecule has 1 N–H and O–H groups in total. The van der Waals surface area contributed by atoms with E-state index in [1.165, 1.54) is 12.1 Å². The van der Waals surface area contributed by atoms with Gasteiger partial charge < -0.3 is 19.4 Å². The summed E-state index contributed by atoms with van der Waals surface area (Å²) >= 11 is 0. The summed E-state index contributed by atoms with van der Waals surface area (Å²) in [7, 11) is 0. The van der Waals surface area contributed by atoms with Gasteiger partial charge in [0.25, 0.3) is 5.91 Å². The molecule has 0 bridgehead atoms. The number of rotatable bonds is 1. The highest BCUT2D eigenvalue weighted by molar-refractivity contribution is 5.91. The Balaban J connectivity index is 1.75. The minimum absolute atomic E-state index is 0.0154. The molecule has 2 aliphatic heterocycles. The van der Waals surface area contributed by atoms with Crippen molar-refractivity contribution in [2.24, 2.45) is 0 Å². The van der Waals surface area contributed by atoms with Gasteiger partial charge in [0.15, 0.2) is 11.2 Å². The molecule has 1 aromatic heterocycles. The van der Waals surface area contributed by atoms with E-state index in [9.17, 15) is 14.4 Å². The summed E-state index contributed by atoms with van der Waals surface area (Å²) in [4.78, 5) is 36.6. The van der Waals surface area contributed by atoms with Crippen LogP contribution >= 0.6 is 0 Å². The van der Waals surface area contributed by atoms with Crippen LogP contribution in [0, 0.1) is 6.92 Å². The molecule has 21 heavy (non-hydrogen) atoms. The lowest BCUT2D eigenvalue weighted by molar-refractivity contribution is -0.141. The van der Waals surface area contributed by atoms with Gasteiger partial charge >= 0.3 is 0 Å². The number of carbonyl (C=O) groups excluding carboxylic acids is 2. The highest BCUT2D eigenvalue weighted by atomic mass is 16.5. The SMILES string of the molecule is Cc1cc(=O)cc(C(=O)N2CCC3(CNC(=O)CO3)C2)o1. The van der Waals surface area contributed by atoms with Gasteiger partial charge in [0.05, 0.1) is 6.54 Å².